The van der Waals surface area contributed by atoms with Gasteiger partial charge in [-0.05, 0) is 14.1 Å². The number of nitrogens with one attached hydrogen (secondary N) is 7. The van der Waals surface area contributed by atoms with E-state index in [1.807, 2.05) is 14.1 Å². The summed E-state index contributed by atoms with van der Waals surface area (Å²) in [5, 5.41) is 16.8. The molecule has 0 aliphatic carbocycles. The van der Waals surface area contributed by atoms with Crippen LogP contribution < -0.4 is 37.2 Å². The van der Waals surface area contributed by atoms with Crippen molar-refractivity contribution in [2.24, 2.45) is 0 Å². The van der Waals surface area contributed by atoms with Gasteiger partial charge in [-0.3, -0.25) is 19.2 Å². The second kappa shape index (κ2) is 78.3. The minimum Gasteiger partial charge on any atom is -0.469 e. The molecule has 0 aliphatic heterocycles. The molecule has 0 aromatic heterocycles. The second-order valence-corrected chi connectivity index (χ2v) is 6.93. The number of carbonyl (C=O) groups excluding carboxylic acids is 7. The van der Waals surface area contributed by atoms with Crippen molar-refractivity contribution in [2.75, 3.05) is 99.0 Å². The Morgan fingerprint density at radius 1 is 0.426 bits per heavy atom. The predicted octanol–water partition coefficient (Wildman–Crippen LogP) is 0.867. The molecule has 0 aliphatic rings. The number of urea groups is 1. The van der Waals surface area contributed by atoms with E-state index in [0.29, 0.717) is 0 Å². The smallest absolute Gasteiger partial charge is 0.406 e. The van der Waals surface area contributed by atoms with Crippen LogP contribution in [0.1, 0.15) is 48.0 Å². The molecule has 0 radical (unpaired) electrons. The van der Waals surface area contributed by atoms with E-state index in [0.717, 1.165) is 0 Å². The van der Waals surface area contributed by atoms with Gasteiger partial charge in [-0.2, -0.15) is 0 Å². The SMILES string of the molecule is CCC.CNC.CNC(=O)NC.CNC(=O)OC.CNC(=O)OC.CNC(C)=O.CNC(C)=O.COC.COC(C)=O.COC(C)=O. The van der Waals surface area contributed by atoms with Gasteiger partial charge < -0.3 is 60.9 Å². The van der Waals surface area contributed by atoms with E-state index in [-0.39, 0.29) is 29.8 Å². The summed E-state index contributed by atoms with van der Waals surface area (Å²) in [7, 11) is 21.7. The Kier molecular flexibility index (Phi) is 116. The zero-order chi connectivity index (χ0) is 40.2. The molecule has 0 unspecified atom stereocenters. The first-order valence-corrected chi connectivity index (χ1v) is 13.6. The maximum absolute atomic E-state index is 9.96. The molecule has 7 N–H and O–H groups in total. The Balaban J connectivity index is -0.0000000408. The minimum atomic E-state index is -0.407. The molecule has 0 rings (SSSR count). The van der Waals surface area contributed by atoms with Crippen LogP contribution in [-0.2, 0) is 42.9 Å². The third kappa shape index (κ3) is 268. The fourth-order valence-electron chi connectivity index (χ4n) is 0.329. The zero-order valence-corrected chi connectivity index (χ0v) is 32.6. The molecular weight excluding hydrogens is 626 g/mol. The molecule has 0 bridgehead atoms. The predicted molar refractivity (Wildman–Crippen MR) is 185 cm³/mol. The van der Waals surface area contributed by atoms with Gasteiger partial charge in [-0.25, -0.2) is 14.4 Å². The summed E-state index contributed by atoms with van der Waals surface area (Å²) in [5.74, 6) is -0.481. The van der Waals surface area contributed by atoms with Gasteiger partial charge >= 0.3 is 30.2 Å². The van der Waals surface area contributed by atoms with E-state index < -0.39 is 12.2 Å². The van der Waals surface area contributed by atoms with Gasteiger partial charge in [0.1, 0.15) is 0 Å². The fourth-order valence-corrected chi connectivity index (χ4v) is 0.329. The third-order valence-corrected chi connectivity index (χ3v) is 2.51. The minimum absolute atomic E-state index is 0.00463. The van der Waals surface area contributed by atoms with Gasteiger partial charge in [0.05, 0.1) is 28.4 Å². The molecule has 19 heteroatoms. The van der Waals surface area contributed by atoms with Crippen LogP contribution in [0.5, 0.6) is 0 Å². The number of alkyl carbamates (subject to hydrolysis) is 2. The average molecular weight is 696 g/mol. The molecule has 288 valence electrons. The van der Waals surface area contributed by atoms with Crippen LogP contribution >= 0.6 is 0 Å². The first kappa shape index (κ1) is 69.4. The Bertz CT molecular complexity index is 555. The normalized spacial score (nSPS) is 6.72. The topological polar surface area (TPSA) is 250 Å². The average Bonchev–Trinajstić information content (AvgIpc) is 3.06. The van der Waals surface area contributed by atoms with Crippen LogP contribution in [0.25, 0.3) is 0 Å². The lowest BCUT2D eigenvalue weighted by Gasteiger charge is -1.91. The van der Waals surface area contributed by atoms with E-state index in [2.05, 4.69) is 74.7 Å². The number of rotatable bonds is 0. The van der Waals surface area contributed by atoms with Crippen LogP contribution in [0.15, 0.2) is 0 Å². The van der Waals surface area contributed by atoms with E-state index in [4.69, 9.17) is 0 Å². The Morgan fingerprint density at radius 2 is 0.574 bits per heavy atom. The first-order valence-electron chi connectivity index (χ1n) is 13.6. The molecule has 0 aromatic rings. The highest BCUT2D eigenvalue weighted by molar-refractivity contribution is 5.73. The summed E-state index contributed by atoms with van der Waals surface area (Å²) in [5.41, 5.74) is 0. The molecule has 0 spiro atoms. The molecule has 0 heterocycles. The molecule has 0 atom stereocenters. The number of hydrogen-bond acceptors (Lipinski definition) is 13. The van der Waals surface area contributed by atoms with E-state index in [1.54, 1.807) is 42.4 Å². The quantitative estimate of drug-likeness (QED) is 0.137. The van der Waals surface area contributed by atoms with Gasteiger partial charge in [0.2, 0.25) is 11.8 Å². The summed E-state index contributed by atoms with van der Waals surface area (Å²) in [6.45, 7) is 9.92. The summed E-state index contributed by atoms with van der Waals surface area (Å²) in [4.78, 5) is 68.2. The highest BCUT2D eigenvalue weighted by Gasteiger charge is 1.85. The molecule has 0 fully saturated rings. The van der Waals surface area contributed by atoms with Crippen LogP contribution in [0.3, 0.4) is 0 Å². The highest BCUT2D eigenvalue weighted by Crippen LogP contribution is 1.63. The van der Waals surface area contributed by atoms with Crippen LogP contribution in [-0.4, -0.2) is 141 Å². The molecule has 19 nitrogen and oxygen atoms in total. The number of methoxy groups -OCH3 is 5. The monoisotopic (exact) mass is 696 g/mol. The lowest BCUT2D eigenvalue weighted by Crippen LogP contribution is -2.28. The van der Waals surface area contributed by atoms with Crippen molar-refractivity contribution in [1.29, 1.82) is 0 Å². The van der Waals surface area contributed by atoms with Gasteiger partial charge in [0.25, 0.3) is 0 Å². The summed E-state index contributed by atoms with van der Waals surface area (Å²) in [6, 6.07) is -0.157. The largest absolute Gasteiger partial charge is 0.469 e. The number of amides is 6. The van der Waals surface area contributed by atoms with Crippen molar-refractivity contribution in [1.82, 2.24) is 37.2 Å². The number of carbonyl (C=O) groups is 7. The third-order valence-electron chi connectivity index (χ3n) is 2.51. The molecular formula is C28H69N7O12. The lowest BCUT2D eigenvalue weighted by molar-refractivity contribution is -0.138. The zero-order valence-electron chi connectivity index (χ0n) is 32.6. The highest BCUT2D eigenvalue weighted by atomic mass is 16.5. The summed E-state index contributed by atoms with van der Waals surface area (Å²) < 4.78 is 20.8. The maximum Gasteiger partial charge on any atom is 0.406 e. The first-order chi connectivity index (χ1) is 21.7. The Hall–Kier alpha value is -4.39. The van der Waals surface area contributed by atoms with Crippen molar-refractivity contribution in [3.8, 4) is 0 Å². The number of hydrogen-bond donors (Lipinski definition) is 7. The Labute approximate surface area is 283 Å². The van der Waals surface area contributed by atoms with E-state index in [9.17, 15) is 33.6 Å². The summed E-state index contributed by atoms with van der Waals surface area (Å²) >= 11 is 0. The van der Waals surface area contributed by atoms with E-state index in [1.165, 1.54) is 76.7 Å². The van der Waals surface area contributed by atoms with E-state index >= 15 is 0 Å². The maximum atomic E-state index is 9.96. The van der Waals surface area contributed by atoms with Crippen LogP contribution in [0.2, 0.25) is 0 Å². The molecule has 0 aromatic carbocycles. The fraction of sp³-hybridized carbons (Fsp3) is 0.750. The van der Waals surface area contributed by atoms with Gasteiger partial charge in [-0.1, -0.05) is 20.3 Å². The summed E-state index contributed by atoms with van der Waals surface area (Å²) in [6.07, 6.45) is 0.435. The second-order valence-electron chi connectivity index (χ2n) is 6.93. The van der Waals surface area contributed by atoms with Crippen LogP contribution in [0.4, 0.5) is 14.4 Å². The van der Waals surface area contributed by atoms with Crippen molar-refractivity contribution in [3.63, 3.8) is 0 Å². The Morgan fingerprint density at radius 3 is 0.574 bits per heavy atom. The molecule has 47 heavy (non-hydrogen) atoms. The van der Waals surface area contributed by atoms with Gasteiger partial charge in [0, 0.05) is 84.2 Å². The lowest BCUT2D eigenvalue weighted by atomic mass is 10.6. The number of esters is 2. The van der Waals surface area contributed by atoms with Crippen molar-refractivity contribution < 1.29 is 57.2 Å². The van der Waals surface area contributed by atoms with Crippen molar-refractivity contribution >= 4 is 42.0 Å². The molecule has 0 saturated carbocycles. The van der Waals surface area contributed by atoms with Crippen molar-refractivity contribution in [3.05, 3.63) is 0 Å². The molecule has 0 saturated heterocycles. The molecule has 6 amide bonds. The number of ether oxygens (including phenoxy) is 5. The van der Waals surface area contributed by atoms with Gasteiger partial charge in [-0.15, -0.1) is 0 Å². The standard InChI is InChI=1S/C3H8N2O.2C3H7NO2.2C3H7NO.2C3H6O2.C3H8.C2H7N.C2H6O/c1-4-3(6)5-2;2*1-4-3(5)6-2;2*1-3(5)4-2;2*1-3(4)5-2;3*1-3-2/h1-2H3,(H2,4,5,6);2*1-2H3,(H,4,5);2*1-2H3,(H,4,5);2*1-2H3;3H2,1-2H3;3H,1-2H3;1-2H3. The van der Waals surface area contributed by atoms with Gasteiger partial charge in [0.15, 0.2) is 0 Å². The van der Waals surface area contributed by atoms with Crippen molar-refractivity contribution in [2.45, 2.75) is 48.0 Å². The van der Waals surface area contributed by atoms with Crippen LogP contribution in [0, 0.1) is 0 Å².